The van der Waals surface area contributed by atoms with E-state index in [1.165, 1.54) is 6.20 Å². The van der Waals surface area contributed by atoms with Crippen molar-refractivity contribution in [3.8, 4) is 0 Å². The first-order chi connectivity index (χ1) is 8.11. The molecule has 1 fully saturated rings. The molecule has 3 N–H and O–H groups in total. The van der Waals surface area contributed by atoms with Gasteiger partial charge >= 0.3 is 0 Å². The zero-order chi connectivity index (χ0) is 12.4. The molecule has 2 atom stereocenters. The quantitative estimate of drug-likeness (QED) is 0.714. The average Bonchev–Trinajstić information content (AvgIpc) is 2.62. The second kappa shape index (κ2) is 5.03. The number of rotatable bonds is 3. The van der Waals surface area contributed by atoms with Crippen LogP contribution in [-0.2, 0) is 0 Å². The van der Waals surface area contributed by atoms with Crippen molar-refractivity contribution >= 4 is 23.4 Å². The standard InChI is InChI=1S/C10H15ClN4O2/c1-2-12-10-13-3-6(11)9(14-10)15-4-7(16)8(17)5-15/h3,7-8,16-17H,2,4-5H2,1H3,(H,12,13,14). The van der Waals surface area contributed by atoms with Crippen LogP contribution in [0, 0.1) is 0 Å². The number of aromatic nitrogens is 2. The molecule has 1 aromatic heterocycles. The summed E-state index contributed by atoms with van der Waals surface area (Å²) in [4.78, 5) is 10.0. The number of hydrogen-bond donors (Lipinski definition) is 3. The van der Waals surface area contributed by atoms with E-state index in [1.807, 2.05) is 6.92 Å². The number of β-amino-alcohol motifs (C(OH)–C–C–N with tert-alkyl or cyclic N) is 2. The van der Waals surface area contributed by atoms with Crippen LogP contribution in [0.2, 0.25) is 5.02 Å². The molecule has 0 bridgehead atoms. The molecule has 1 aliphatic rings. The van der Waals surface area contributed by atoms with Gasteiger partial charge in [0, 0.05) is 19.6 Å². The Morgan fingerprint density at radius 2 is 2.12 bits per heavy atom. The monoisotopic (exact) mass is 258 g/mol. The summed E-state index contributed by atoms with van der Waals surface area (Å²) in [5, 5.41) is 22.4. The van der Waals surface area contributed by atoms with Crippen LogP contribution in [0.15, 0.2) is 6.20 Å². The topological polar surface area (TPSA) is 81.5 Å². The highest BCUT2D eigenvalue weighted by Crippen LogP contribution is 2.27. The molecule has 1 saturated heterocycles. The van der Waals surface area contributed by atoms with Gasteiger partial charge in [-0.2, -0.15) is 4.98 Å². The van der Waals surface area contributed by atoms with Crippen molar-refractivity contribution in [2.24, 2.45) is 0 Å². The summed E-state index contributed by atoms with van der Waals surface area (Å²) >= 11 is 6.01. The van der Waals surface area contributed by atoms with Crippen LogP contribution in [0.1, 0.15) is 6.92 Å². The number of nitrogens with one attached hydrogen (secondary N) is 1. The van der Waals surface area contributed by atoms with Crippen LogP contribution in [-0.4, -0.2) is 52.0 Å². The lowest BCUT2D eigenvalue weighted by Gasteiger charge is -2.18. The van der Waals surface area contributed by atoms with Gasteiger partial charge in [0.15, 0.2) is 5.82 Å². The summed E-state index contributed by atoms with van der Waals surface area (Å²) in [6.45, 7) is 3.31. The molecule has 0 aromatic carbocycles. The summed E-state index contributed by atoms with van der Waals surface area (Å²) in [5.74, 6) is 1.02. The van der Waals surface area contributed by atoms with Gasteiger partial charge in [0.05, 0.1) is 18.4 Å². The van der Waals surface area contributed by atoms with Crippen molar-refractivity contribution in [2.45, 2.75) is 19.1 Å². The summed E-state index contributed by atoms with van der Waals surface area (Å²) in [6, 6.07) is 0. The Hall–Kier alpha value is -1.11. The molecule has 7 heteroatoms. The second-order valence-corrected chi connectivity index (χ2v) is 4.34. The predicted molar refractivity (Wildman–Crippen MR) is 65.4 cm³/mol. The molecule has 2 rings (SSSR count). The Balaban J connectivity index is 2.22. The predicted octanol–water partition coefficient (Wildman–Crippen LogP) is 0.104. The van der Waals surface area contributed by atoms with Crippen LogP contribution in [0.5, 0.6) is 0 Å². The molecule has 1 aromatic rings. The molecule has 6 nitrogen and oxygen atoms in total. The molecule has 0 saturated carbocycles. The SMILES string of the molecule is CCNc1ncc(Cl)c(N2CC(O)C(O)C2)n1. The lowest BCUT2D eigenvalue weighted by atomic mass is 10.3. The van der Waals surface area contributed by atoms with Crippen molar-refractivity contribution in [1.82, 2.24) is 9.97 Å². The molecule has 2 heterocycles. The van der Waals surface area contributed by atoms with Gasteiger partial charge in [0.25, 0.3) is 0 Å². The lowest BCUT2D eigenvalue weighted by Crippen LogP contribution is -2.23. The molecule has 1 aliphatic heterocycles. The molecular weight excluding hydrogens is 244 g/mol. The number of halogens is 1. The normalized spacial score (nSPS) is 24.1. The fourth-order valence-corrected chi connectivity index (χ4v) is 1.98. The van der Waals surface area contributed by atoms with Crippen LogP contribution in [0.25, 0.3) is 0 Å². The highest BCUT2D eigenvalue weighted by molar-refractivity contribution is 6.32. The first-order valence-electron chi connectivity index (χ1n) is 5.49. The third-order valence-electron chi connectivity index (χ3n) is 2.62. The number of hydrogen-bond acceptors (Lipinski definition) is 6. The van der Waals surface area contributed by atoms with Crippen LogP contribution >= 0.6 is 11.6 Å². The third-order valence-corrected chi connectivity index (χ3v) is 2.89. The molecule has 0 amide bonds. The van der Waals surface area contributed by atoms with Crippen LogP contribution < -0.4 is 10.2 Å². The minimum Gasteiger partial charge on any atom is -0.389 e. The van der Waals surface area contributed by atoms with Gasteiger partial charge in [-0.15, -0.1) is 0 Å². The van der Waals surface area contributed by atoms with E-state index in [1.54, 1.807) is 4.90 Å². The summed E-state index contributed by atoms with van der Waals surface area (Å²) < 4.78 is 0. The van der Waals surface area contributed by atoms with Crippen molar-refractivity contribution in [1.29, 1.82) is 0 Å². The zero-order valence-electron chi connectivity index (χ0n) is 9.47. The first kappa shape index (κ1) is 12.3. The van der Waals surface area contributed by atoms with Crippen molar-refractivity contribution in [2.75, 3.05) is 29.9 Å². The fourth-order valence-electron chi connectivity index (χ4n) is 1.77. The number of aliphatic hydroxyl groups is 2. The second-order valence-electron chi connectivity index (χ2n) is 3.94. The van der Waals surface area contributed by atoms with E-state index in [0.717, 1.165) is 0 Å². The average molecular weight is 259 g/mol. The molecule has 0 aliphatic carbocycles. The molecule has 2 unspecified atom stereocenters. The third kappa shape index (κ3) is 2.59. The van der Waals surface area contributed by atoms with E-state index >= 15 is 0 Å². The maximum absolute atomic E-state index is 9.50. The van der Waals surface area contributed by atoms with Gasteiger partial charge in [-0.3, -0.25) is 0 Å². The Bertz CT molecular complexity index is 394. The van der Waals surface area contributed by atoms with Crippen LogP contribution in [0.4, 0.5) is 11.8 Å². The molecule has 0 radical (unpaired) electrons. The van der Waals surface area contributed by atoms with E-state index in [9.17, 15) is 10.2 Å². The Labute approximate surface area is 104 Å². The van der Waals surface area contributed by atoms with Gasteiger partial charge in [0.2, 0.25) is 5.95 Å². The number of anilines is 2. The van der Waals surface area contributed by atoms with E-state index < -0.39 is 12.2 Å². The summed E-state index contributed by atoms with van der Waals surface area (Å²) in [7, 11) is 0. The first-order valence-corrected chi connectivity index (χ1v) is 5.87. The Morgan fingerprint density at radius 1 is 1.47 bits per heavy atom. The van der Waals surface area contributed by atoms with Crippen molar-refractivity contribution in [3.05, 3.63) is 11.2 Å². The van der Waals surface area contributed by atoms with E-state index in [-0.39, 0.29) is 0 Å². The lowest BCUT2D eigenvalue weighted by molar-refractivity contribution is 0.0572. The minimum absolute atomic E-state index is 0.323. The van der Waals surface area contributed by atoms with Gasteiger partial charge in [-0.1, -0.05) is 11.6 Å². The minimum atomic E-state index is -0.761. The highest BCUT2D eigenvalue weighted by atomic mass is 35.5. The molecular formula is C10H15ClN4O2. The van der Waals surface area contributed by atoms with Gasteiger partial charge in [-0.25, -0.2) is 4.98 Å². The van der Waals surface area contributed by atoms with E-state index in [2.05, 4.69) is 15.3 Å². The summed E-state index contributed by atoms with van der Waals surface area (Å²) in [6.07, 6.45) is -0.00822. The van der Waals surface area contributed by atoms with Gasteiger partial charge in [0.1, 0.15) is 5.02 Å². The number of aliphatic hydroxyl groups excluding tert-OH is 2. The zero-order valence-corrected chi connectivity index (χ0v) is 10.2. The number of nitrogens with zero attached hydrogens (tertiary/aromatic N) is 3. The molecule has 94 valence electrons. The van der Waals surface area contributed by atoms with Gasteiger partial charge < -0.3 is 20.4 Å². The molecule has 0 spiro atoms. The maximum atomic E-state index is 9.50. The largest absolute Gasteiger partial charge is 0.389 e. The molecule has 17 heavy (non-hydrogen) atoms. The summed E-state index contributed by atoms with van der Waals surface area (Å²) in [5.41, 5.74) is 0. The van der Waals surface area contributed by atoms with E-state index in [4.69, 9.17) is 11.6 Å². The smallest absolute Gasteiger partial charge is 0.224 e. The maximum Gasteiger partial charge on any atom is 0.224 e. The van der Waals surface area contributed by atoms with Crippen LogP contribution in [0.3, 0.4) is 0 Å². The Morgan fingerprint density at radius 3 is 2.71 bits per heavy atom. The Kier molecular flexibility index (Phi) is 3.66. The van der Waals surface area contributed by atoms with Gasteiger partial charge in [-0.05, 0) is 6.92 Å². The van der Waals surface area contributed by atoms with Crippen molar-refractivity contribution in [3.63, 3.8) is 0 Å². The van der Waals surface area contributed by atoms with E-state index in [0.29, 0.717) is 36.4 Å². The fraction of sp³-hybridized carbons (Fsp3) is 0.600. The highest BCUT2D eigenvalue weighted by Gasteiger charge is 2.31. The van der Waals surface area contributed by atoms with Crippen molar-refractivity contribution < 1.29 is 10.2 Å².